The zero-order valence-electron chi connectivity index (χ0n) is 11.7. The first-order valence-corrected chi connectivity index (χ1v) is 7.49. The third kappa shape index (κ3) is 3.92. The molecule has 0 bridgehead atoms. The van der Waals surface area contributed by atoms with Gasteiger partial charge in [0.1, 0.15) is 5.60 Å². The minimum absolute atomic E-state index is 0.0777. The molecular formula is C16H19NO2S. The van der Waals surface area contributed by atoms with Crippen molar-refractivity contribution in [1.29, 1.82) is 0 Å². The van der Waals surface area contributed by atoms with Gasteiger partial charge in [-0.05, 0) is 41.8 Å². The highest BCUT2D eigenvalue weighted by Crippen LogP contribution is 2.22. The molecule has 0 saturated carbocycles. The van der Waals surface area contributed by atoms with E-state index in [1.165, 1.54) is 11.3 Å². The predicted molar refractivity (Wildman–Crippen MR) is 81.8 cm³/mol. The van der Waals surface area contributed by atoms with Gasteiger partial charge in [0.05, 0.1) is 13.0 Å². The molecule has 1 atom stereocenters. The van der Waals surface area contributed by atoms with Crippen LogP contribution in [-0.2, 0) is 16.8 Å². The summed E-state index contributed by atoms with van der Waals surface area (Å²) in [7, 11) is 0. The Labute approximate surface area is 123 Å². The summed E-state index contributed by atoms with van der Waals surface area (Å²) in [4.78, 5) is 11.9. The van der Waals surface area contributed by atoms with Crippen LogP contribution in [0.1, 0.15) is 23.6 Å². The molecule has 20 heavy (non-hydrogen) atoms. The number of aliphatic hydroxyl groups is 1. The van der Waals surface area contributed by atoms with Crippen LogP contribution in [0.3, 0.4) is 0 Å². The van der Waals surface area contributed by atoms with E-state index in [9.17, 15) is 9.90 Å². The van der Waals surface area contributed by atoms with Crippen LogP contribution < -0.4 is 5.32 Å². The fourth-order valence-corrected chi connectivity index (χ4v) is 2.80. The highest BCUT2D eigenvalue weighted by Gasteiger charge is 2.24. The molecule has 3 nitrogen and oxygen atoms in total. The van der Waals surface area contributed by atoms with E-state index >= 15 is 0 Å². The number of nitrogens with one attached hydrogen (secondary N) is 1. The van der Waals surface area contributed by atoms with Crippen LogP contribution in [0.2, 0.25) is 0 Å². The van der Waals surface area contributed by atoms with Crippen LogP contribution in [0.4, 0.5) is 0 Å². The zero-order chi connectivity index (χ0) is 14.6. The Morgan fingerprint density at radius 3 is 2.85 bits per heavy atom. The predicted octanol–water partition coefficient (Wildman–Crippen LogP) is 2.62. The van der Waals surface area contributed by atoms with E-state index in [1.54, 1.807) is 6.92 Å². The van der Waals surface area contributed by atoms with Crippen molar-refractivity contribution in [3.05, 3.63) is 57.8 Å². The van der Waals surface area contributed by atoms with Gasteiger partial charge < -0.3 is 10.4 Å². The maximum Gasteiger partial charge on any atom is 0.224 e. The molecule has 1 amide bonds. The second-order valence-electron chi connectivity index (χ2n) is 5.23. The maximum atomic E-state index is 11.9. The number of aryl methyl sites for hydroxylation is 1. The molecule has 106 valence electrons. The molecule has 0 aliphatic carbocycles. The lowest BCUT2D eigenvalue weighted by atomic mass is 9.99. The molecule has 2 aromatic rings. The lowest BCUT2D eigenvalue weighted by molar-refractivity contribution is -0.121. The van der Waals surface area contributed by atoms with E-state index in [-0.39, 0.29) is 12.5 Å². The maximum absolute atomic E-state index is 11.9. The van der Waals surface area contributed by atoms with Gasteiger partial charge in [-0.2, -0.15) is 11.3 Å². The molecule has 0 aliphatic heterocycles. The van der Waals surface area contributed by atoms with Gasteiger partial charge in [0, 0.05) is 0 Å². The van der Waals surface area contributed by atoms with Gasteiger partial charge in [-0.15, -0.1) is 0 Å². The number of benzene rings is 1. The van der Waals surface area contributed by atoms with Crippen LogP contribution in [-0.4, -0.2) is 17.6 Å². The zero-order valence-corrected chi connectivity index (χ0v) is 12.5. The van der Waals surface area contributed by atoms with Crippen LogP contribution >= 0.6 is 11.3 Å². The van der Waals surface area contributed by atoms with Crippen molar-refractivity contribution in [1.82, 2.24) is 5.32 Å². The van der Waals surface area contributed by atoms with Crippen molar-refractivity contribution in [2.45, 2.75) is 25.9 Å². The first-order chi connectivity index (χ1) is 9.47. The van der Waals surface area contributed by atoms with Gasteiger partial charge in [-0.3, -0.25) is 4.79 Å². The monoisotopic (exact) mass is 289 g/mol. The van der Waals surface area contributed by atoms with Gasteiger partial charge in [-0.1, -0.05) is 29.8 Å². The molecule has 0 aliphatic rings. The fourth-order valence-electron chi connectivity index (χ4n) is 2.01. The average Bonchev–Trinajstić information content (AvgIpc) is 2.91. The normalized spacial score (nSPS) is 13.8. The summed E-state index contributed by atoms with van der Waals surface area (Å²) in [5.74, 6) is -0.0777. The first-order valence-electron chi connectivity index (χ1n) is 6.55. The summed E-state index contributed by atoms with van der Waals surface area (Å²) in [6.45, 7) is 3.93. The lowest BCUT2D eigenvalue weighted by Crippen LogP contribution is -2.39. The number of carbonyl (C=O) groups excluding carboxylic acids is 1. The van der Waals surface area contributed by atoms with Crippen LogP contribution in [0.5, 0.6) is 0 Å². The van der Waals surface area contributed by atoms with E-state index < -0.39 is 5.60 Å². The molecule has 4 heteroatoms. The molecule has 1 aromatic carbocycles. The van der Waals surface area contributed by atoms with Crippen molar-refractivity contribution in [3.8, 4) is 0 Å². The second kappa shape index (κ2) is 6.20. The van der Waals surface area contributed by atoms with Crippen LogP contribution in [0, 0.1) is 6.92 Å². The molecule has 1 heterocycles. The summed E-state index contributed by atoms with van der Waals surface area (Å²) in [6, 6.07) is 9.75. The van der Waals surface area contributed by atoms with Crippen molar-refractivity contribution in [2.75, 3.05) is 6.54 Å². The molecule has 0 saturated heterocycles. The highest BCUT2D eigenvalue weighted by atomic mass is 32.1. The molecule has 1 aromatic heterocycles. The third-order valence-corrected chi connectivity index (χ3v) is 3.90. The Kier molecular flexibility index (Phi) is 4.57. The van der Waals surface area contributed by atoms with Gasteiger partial charge in [0.15, 0.2) is 0 Å². The van der Waals surface area contributed by atoms with Gasteiger partial charge >= 0.3 is 0 Å². The molecule has 1 unspecified atom stereocenters. The topological polar surface area (TPSA) is 49.3 Å². The molecule has 0 radical (unpaired) electrons. The Hall–Kier alpha value is -1.65. The summed E-state index contributed by atoms with van der Waals surface area (Å²) < 4.78 is 0. The first kappa shape index (κ1) is 14.8. The Bertz CT molecular complexity index is 576. The lowest BCUT2D eigenvalue weighted by Gasteiger charge is -2.22. The highest BCUT2D eigenvalue weighted by molar-refractivity contribution is 7.08. The Morgan fingerprint density at radius 1 is 1.40 bits per heavy atom. The summed E-state index contributed by atoms with van der Waals surface area (Å²) in [5, 5.41) is 16.9. The molecule has 0 fully saturated rings. The average molecular weight is 289 g/mol. The van der Waals surface area contributed by atoms with Crippen LogP contribution in [0.25, 0.3) is 0 Å². The minimum atomic E-state index is -1.03. The number of hydrogen-bond donors (Lipinski definition) is 2. The van der Waals surface area contributed by atoms with E-state index in [4.69, 9.17) is 0 Å². The van der Waals surface area contributed by atoms with Crippen molar-refractivity contribution in [3.63, 3.8) is 0 Å². The number of rotatable bonds is 5. The molecular weight excluding hydrogens is 270 g/mol. The quantitative estimate of drug-likeness (QED) is 0.889. The van der Waals surface area contributed by atoms with E-state index in [0.717, 1.165) is 16.7 Å². The Morgan fingerprint density at radius 2 is 2.20 bits per heavy atom. The number of hydrogen-bond acceptors (Lipinski definition) is 3. The van der Waals surface area contributed by atoms with E-state index in [2.05, 4.69) is 5.32 Å². The largest absolute Gasteiger partial charge is 0.384 e. The van der Waals surface area contributed by atoms with Gasteiger partial charge in [0.2, 0.25) is 5.91 Å². The van der Waals surface area contributed by atoms with Crippen LogP contribution in [0.15, 0.2) is 41.1 Å². The SMILES string of the molecule is Cc1cccc(CC(=O)NCC(C)(O)c2ccsc2)c1. The second-order valence-corrected chi connectivity index (χ2v) is 6.01. The molecule has 2 N–H and O–H groups in total. The molecule has 2 rings (SSSR count). The summed E-state index contributed by atoms with van der Waals surface area (Å²) in [5.41, 5.74) is 1.93. The number of thiophene rings is 1. The third-order valence-electron chi connectivity index (χ3n) is 3.22. The summed E-state index contributed by atoms with van der Waals surface area (Å²) >= 11 is 1.53. The van der Waals surface area contributed by atoms with Crippen molar-refractivity contribution in [2.24, 2.45) is 0 Å². The fraction of sp³-hybridized carbons (Fsp3) is 0.312. The van der Waals surface area contributed by atoms with Crippen molar-refractivity contribution < 1.29 is 9.90 Å². The number of amides is 1. The Balaban J connectivity index is 1.89. The minimum Gasteiger partial charge on any atom is -0.384 e. The smallest absolute Gasteiger partial charge is 0.224 e. The molecule has 0 spiro atoms. The van der Waals surface area contributed by atoms with E-state index in [0.29, 0.717) is 6.42 Å². The summed E-state index contributed by atoms with van der Waals surface area (Å²) in [6.07, 6.45) is 0.335. The van der Waals surface area contributed by atoms with Gasteiger partial charge in [-0.25, -0.2) is 0 Å². The van der Waals surface area contributed by atoms with E-state index in [1.807, 2.05) is 48.0 Å². The number of carbonyl (C=O) groups is 1. The van der Waals surface area contributed by atoms with Gasteiger partial charge in [0.25, 0.3) is 0 Å². The van der Waals surface area contributed by atoms with Crippen molar-refractivity contribution >= 4 is 17.2 Å². The standard InChI is InChI=1S/C16H19NO2S/c1-12-4-3-5-13(8-12)9-15(18)17-11-16(2,19)14-6-7-20-10-14/h3-8,10,19H,9,11H2,1-2H3,(H,17,18).